The zero-order valence-corrected chi connectivity index (χ0v) is 17.1. The molecule has 2 N–H and O–H groups in total. The molecule has 0 saturated carbocycles. The molecule has 0 radical (unpaired) electrons. The Morgan fingerprint density at radius 3 is 2.50 bits per heavy atom. The molecule has 2 aromatic rings. The zero-order chi connectivity index (χ0) is 20.7. The van der Waals surface area contributed by atoms with E-state index in [0.717, 1.165) is 25.0 Å². The fourth-order valence-corrected chi connectivity index (χ4v) is 3.85. The van der Waals surface area contributed by atoms with Gasteiger partial charge in [0.1, 0.15) is 11.6 Å². The molecule has 0 saturated heterocycles. The summed E-state index contributed by atoms with van der Waals surface area (Å²) in [5, 5.41) is 2.85. The molecule has 0 aromatic heterocycles. The Kier molecular flexibility index (Phi) is 7.65. The van der Waals surface area contributed by atoms with Crippen molar-refractivity contribution in [3.05, 3.63) is 53.3 Å². The standard InChI is InChI=1S/C19H22ClFN2O4S/c1-3-4-13(2)22-19(24)12-27-18-10-9-16(11-17(18)20)28(25,26)23-15-7-5-14(21)6-8-15/h5-11,13,23H,3-4,12H2,1-2H3,(H,22,24)/t13-/m0/s1. The maximum absolute atomic E-state index is 12.9. The van der Waals surface area contributed by atoms with Gasteiger partial charge in [0, 0.05) is 11.7 Å². The number of nitrogens with one attached hydrogen (secondary N) is 2. The summed E-state index contributed by atoms with van der Waals surface area (Å²) in [6, 6.07) is 8.87. The lowest BCUT2D eigenvalue weighted by molar-refractivity contribution is -0.123. The first kappa shape index (κ1) is 22.0. The second-order valence-electron chi connectivity index (χ2n) is 6.25. The summed E-state index contributed by atoms with van der Waals surface area (Å²) in [5.41, 5.74) is 0.218. The number of sulfonamides is 1. The Morgan fingerprint density at radius 2 is 1.89 bits per heavy atom. The fourth-order valence-electron chi connectivity index (χ4n) is 2.46. The highest BCUT2D eigenvalue weighted by Crippen LogP contribution is 2.28. The van der Waals surface area contributed by atoms with E-state index in [1.807, 2.05) is 13.8 Å². The van der Waals surface area contributed by atoms with Gasteiger partial charge in [0.05, 0.1) is 9.92 Å². The van der Waals surface area contributed by atoms with Crippen LogP contribution in [0, 0.1) is 5.82 Å². The number of anilines is 1. The molecule has 1 atom stereocenters. The van der Waals surface area contributed by atoms with Gasteiger partial charge in [-0.15, -0.1) is 0 Å². The molecule has 152 valence electrons. The number of carbonyl (C=O) groups excluding carboxylic acids is 1. The van der Waals surface area contributed by atoms with Gasteiger partial charge in [0.2, 0.25) is 0 Å². The zero-order valence-electron chi connectivity index (χ0n) is 15.5. The molecule has 0 aliphatic rings. The van der Waals surface area contributed by atoms with Crippen molar-refractivity contribution in [2.75, 3.05) is 11.3 Å². The summed E-state index contributed by atoms with van der Waals surface area (Å²) in [4.78, 5) is 11.8. The number of hydrogen-bond donors (Lipinski definition) is 2. The van der Waals surface area contributed by atoms with E-state index >= 15 is 0 Å². The van der Waals surface area contributed by atoms with Crippen LogP contribution in [0.3, 0.4) is 0 Å². The Bertz CT molecular complexity index is 920. The van der Waals surface area contributed by atoms with Crippen molar-refractivity contribution >= 4 is 33.2 Å². The van der Waals surface area contributed by atoms with Crippen LogP contribution in [-0.4, -0.2) is 27.0 Å². The number of halogens is 2. The monoisotopic (exact) mass is 428 g/mol. The second-order valence-corrected chi connectivity index (χ2v) is 8.34. The SMILES string of the molecule is CCC[C@H](C)NC(=O)COc1ccc(S(=O)(=O)Nc2ccc(F)cc2)cc1Cl. The van der Waals surface area contributed by atoms with Gasteiger partial charge >= 0.3 is 0 Å². The van der Waals surface area contributed by atoms with Crippen molar-refractivity contribution in [2.24, 2.45) is 0 Å². The Labute approximate surface area is 169 Å². The van der Waals surface area contributed by atoms with Crippen molar-refractivity contribution in [1.82, 2.24) is 5.32 Å². The summed E-state index contributed by atoms with van der Waals surface area (Å²) in [5.74, 6) is -0.562. The normalized spacial score (nSPS) is 12.3. The van der Waals surface area contributed by atoms with Gasteiger partial charge in [0.15, 0.2) is 6.61 Å². The van der Waals surface area contributed by atoms with Crippen LogP contribution in [0.15, 0.2) is 47.4 Å². The van der Waals surface area contributed by atoms with Crippen molar-refractivity contribution in [1.29, 1.82) is 0 Å². The molecular weight excluding hydrogens is 407 g/mol. The average molecular weight is 429 g/mol. The Hall–Kier alpha value is -2.32. The van der Waals surface area contributed by atoms with E-state index in [-0.39, 0.29) is 39.9 Å². The van der Waals surface area contributed by atoms with E-state index < -0.39 is 15.8 Å². The van der Waals surface area contributed by atoms with Crippen LogP contribution in [0.5, 0.6) is 5.75 Å². The smallest absolute Gasteiger partial charge is 0.261 e. The van der Waals surface area contributed by atoms with Crippen LogP contribution in [-0.2, 0) is 14.8 Å². The molecule has 0 heterocycles. The van der Waals surface area contributed by atoms with Crippen LogP contribution in [0.4, 0.5) is 10.1 Å². The lowest BCUT2D eigenvalue weighted by Crippen LogP contribution is -2.35. The van der Waals surface area contributed by atoms with Gasteiger partial charge in [-0.3, -0.25) is 9.52 Å². The first-order chi connectivity index (χ1) is 13.2. The molecule has 0 aliphatic heterocycles. The quantitative estimate of drug-likeness (QED) is 0.633. The highest BCUT2D eigenvalue weighted by atomic mass is 35.5. The van der Waals surface area contributed by atoms with E-state index in [9.17, 15) is 17.6 Å². The number of benzene rings is 2. The molecule has 9 heteroatoms. The molecule has 0 unspecified atom stereocenters. The minimum atomic E-state index is -3.91. The summed E-state index contributed by atoms with van der Waals surface area (Å²) < 4.78 is 45.5. The molecule has 0 spiro atoms. The van der Waals surface area contributed by atoms with Crippen molar-refractivity contribution in [3.8, 4) is 5.75 Å². The highest BCUT2D eigenvalue weighted by Gasteiger charge is 2.17. The molecule has 2 aromatic carbocycles. The lowest BCUT2D eigenvalue weighted by atomic mass is 10.2. The number of amides is 1. The van der Waals surface area contributed by atoms with Crippen LogP contribution < -0.4 is 14.8 Å². The first-order valence-electron chi connectivity index (χ1n) is 8.71. The third-order valence-corrected chi connectivity index (χ3v) is 5.47. The van der Waals surface area contributed by atoms with Crippen molar-refractivity contribution in [2.45, 2.75) is 37.6 Å². The van der Waals surface area contributed by atoms with Crippen LogP contribution in [0.2, 0.25) is 5.02 Å². The predicted molar refractivity (Wildman–Crippen MR) is 107 cm³/mol. The average Bonchev–Trinajstić information content (AvgIpc) is 2.62. The lowest BCUT2D eigenvalue weighted by Gasteiger charge is -2.14. The van der Waals surface area contributed by atoms with Crippen molar-refractivity contribution in [3.63, 3.8) is 0 Å². The Balaban J connectivity index is 2.02. The highest BCUT2D eigenvalue weighted by molar-refractivity contribution is 7.92. The molecule has 0 fully saturated rings. The number of hydrogen-bond acceptors (Lipinski definition) is 4. The van der Waals surface area contributed by atoms with Gasteiger partial charge < -0.3 is 10.1 Å². The third-order valence-electron chi connectivity index (χ3n) is 3.80. The van der Waals surface area contributed by atoms with E-state index in [1.54, 1.807) is 0 Å². The van der Waals surface area contributed by atoms with E-state index in [1.165, 1.54) is 30.3 Å². The molecule has 0 bridgehead atoms. The number of carbonyl (C=O) groups is 1. The molecule has 1 amide bonds. The summed E-state index contributed by atoms with van der Waals surface area (Å²) in [6.45, 7) is 3.70. The third kappa shape index (κ3) is 6.38. The summed E-state index contributed by atoms with van der Waals surface area (Å²) in [7, 11) is -3.91. The molecule has 28 heavy (non-hydrogen) atoms. The van der Waals surface area contributed by atoms with E-state index in [4.69, 9.17) is 16.3 Å². The summed E-state index contributed by atoms with van der Waals surface area (Å²) >= 11 is 6.10. The minimum absolute atomic E-state index is 0.0432. The largest absolute Gasteiger partial charge is 0.482 e. The topological polar surface area (TPSA) is 84.5 Å². The van der Waals surface area contributed by atoms with Gasteiger partial charge in [-0.1, -0.05) is 24.9 Å². The maximum atomic E-state index is 12.9. The Morgan fingerprint density at radius 1 is 1.21 bits per heavy atom. The van der Waals surface area contributed by atoms with Crippen LogP contribution in [0.1, 0.15) is 26.7 Å². The van der Waals surface area contributed by atoms with Gasteiger partial charge in [-0.2, -0.15) is 0 Å². The van der Waals surface area contributed by atoms with Gasteiger partial charge in [-0.25, -0.2) is 12.8 Å². The molecular formula is C19H22ClFN2O4S. The number of ether oxygens (including phenoxy) is 1. The summed E-state index contributed by atoms with van der Waals surface area (Å²) in [6.07, 6.45) is 1.82. The van der Waals surface area contributed by atoms with Gasteiger partial charge in [-0.05, 0) is 55.8 Å². The minimum Gasteiger partial charge on any atom is -0.482 e. The molecule has 6 nitrogen and oxygen atoms in total. The fraction of sp³-hybridized carbons (Fsp3) is 0.316. The van der Waals surface area contributed by atoms with Gasteiger partial charge in [0.25, 0.3) is 15.9 Å². The van der Waals surface area contributed by atoms with Crippen molar-refractivity contribution < 1.29 is 22.3 Å². The maximum Gasteiger partial charge on any atom is 0.261 e. The molecule has 0 aliphatic carbocycles. The van der Waals surface area contributed by atoms with E-state index in [0.29, 0.717) is 0 Å². The number of rotatable bonds is 9. The van der Waals surface area contributed by atoms with E-state index in [2.05, 4.69) is 10.0 Å². The van der Waals surface area contributed by atoms with Crippen LogP contribution in [0.25, 0.3) is 0 Å². The van der Waals surface area contributed by atoms with Crippen LogP contribution >= 0.6 is 11.6 Å². The first-order valence-corrected chi connectivity index (χ1v) is 10.6. The molecule has 2 rings (SSSR count). The second kappa shape index (κ2) is 9.75. The predicted octanol–water partition coefficient (Wildman–Crippen LogP) is 3.96.